The van der Waals surface area contributed by atoms with Gasteiger partial charge in [-0.25, -0.2) is 4.98 Å². The third kappa shape index (κ3) is 4.20. The number of hydrogen-bond acceptors (Lipinski definition) is 5. The van der Waals surface area contributed by atoms with E-state index in [1.165, 1.54) is 17.3 Å². The molecule has 3 aromatic rings. The lowest BCUT2D eigenvalue weighted by Crippen LogP contribution is -2.24. The molecule has 1 atom stereocenters. The molecule has 0 aliphatic carbocycles. The molecule has 0 radical (unpaired) electrons. The van der Waals surface area contributed by atoms with Crippen molar-refractivity contribution >= 4 is 34.6 Å². The molecule has 5 nitrogen and oxygen atoms in total. The van der Waals surface area contributed by atoms with Crippen LogP contribution in [0.15, 0.2) is 52.2 Å². The van der Waals surface area contributed by atoms with E-state index in [1.54, 1.807) is 12.3 Å². The lowest BCUT2D eigenvalue weighted by molar-refractivity contribution is -0.115. The summed E-state index contributed by atoms with van der Waals surface area (Å²) in [6.07, 6.45) is 2.34. The number of carbonyl (C=O) groups excluding carboxylic acids is 1. The monoisotopic (exact) mass is 355 g/mol. The Kier molecular flexibility index (Phi) is 5.38. The van der Waals surface area contributed by atoms with Crippen molar-refractivity contribution in [1.29, 1.82) is 0 Å². The van der Waals surface area contributed by atoms with Crippen LogP contribution in [0, 0.1) is 0 Å². The van der Waals surface area contributed by atoms with Crippen molar-refractivity contribution in [2.24, 2.45) is 0 Å². The maximum absolute atomic E-state index is 12.6. The van der Waals surface area contributed by atoms with Gasteiger partial charge in [0.15, 0.2) is 11.2 Å². The van der Waals surface area contributed by atoms with Crippen LogP contribution in [-0.2, 0) is 4.79 Å². The SMILES string of the molecule is CC[C@@H](Sc1nc2ncccc2o1)C(=O)Nc1ccc(C(C)C)cc1. The number of hydrogen-bond donors (Lipinski definition) is 1. The number of pyridine rings is 1. The topological polar surface area (TPSA) is 68.0 Å². The molecule has 25 heavy (non-hydrogen) atoms. The van der Waals surface area contributed by atoms with Gasteiger partial charge in [0, 0.05) is 11.9 Å². The summed E-state index contributed by atoms with van der Waals surface area (Å²) in [4.78, 5) is 21.0. The number of thioether (sulfide) groups is 1. The van der Waals surface area contributed by atoms with Crippen LogP contribution in [0.2, 0.25) is 0 Å². The summed E-state index contributed by atoms with van der Waals surface area (Å²) < 4.78 is 5.65. The predicted octanol–water partition coefficient (Wildman–Crippen LogP) is 4.86. The Morgan fingerprint density at radius 1 is 1.24 bits per heavy atom. The van der Waals surface area contributed by atoms with Gasteiger partial charge in [0.1, 0.15) is 0 Å². The molecule has 6 heteroatoms. The Labute approximate surface area is 151 Å². The molecule has 1 N–H and O–H groups in total. The van der Waals surface area contributed by atoms with Crippen LogP contribution < -0.4 is 5.32 Å². The molecule has 0 saturated heterocycles. The number of amides is 1. The third-order valence-electron chi connectivity index (χ3n) is 3.90. The zero-order chi connectivity index (χ0) is 17.8. The van der Waals surface area contributed by atoms with Crippen molar-refractivity contribution in [3.05, 3.63) is 48.2 Å². The van der Waals surface area contributed by atoms with Gasteiger partial charge < -0.3 is 9.73 Å². The minimum atomic E-state index is -0.280. The molecule has 0 fully saturated rings. The summed E-state index contributed by atoms with van der Waals surface area (Å²) in [5, 5.41) is 3.15. The standard InChI is InChI=1S/C19H21N3O2S/c1-4-16(25-19-22-17-15(24-19)6-5-11-20-17)18(23)21-14-9-7-13(8-10-14)12(2)3/h5-12,16H,4H2,1-3H3,(H,21,23)/t16-/m1/s1. The minimum Gasteiger partial charge on any atom is -0.430 e. The molecule has 1 aromatic carbocycles. The van der Waals surface area contributed by atoms with Crippen molar-refractivity contribution in [2.45, 2.75) is 43.6 Å². The van der Waals surface area contributed by atoms with E-state index >= 15 is 0 Å². The lowest BCUT2D eigenvalue weighted by Gasteiger charge is -2.13. The van der Waals surface area contributed by atoms with Gasteiger partial charge in [-0.3, -0.25) is 4.79 Å². The van der Waals surface area contributed by atoms with Crippen LogP contribution >= 0.6 is 11.8 Å². The van der Waals surface area contributed by atoms with E-state index in [9.17, 15) is 4.79 Å². The van der Waals surface area contributed by atoms with E-state index in [0.717, 1.165) is 5.69 Å². The quantitative estimate of drug-likeness (QED) is 0.640. The molecule has 0 aliphatic heterocycles. The number of anilines is 1. The molecule has 130 valence electrons. The van der Waals surface area contributed by atoms with Crippen LogP contribution in [0.3, 0.4) is 0 Å². The van der Waals surface area contributed by atoms with Crippen molar-refractivity contribution in [3.8, 4) is 0 Å². The van der Waals surface area contributed by atoms with E-state index in [4.69, 9.17) is 4.42 Å². The minimum absolute atomic E-state index is 0.0555. The number of benzene rings is 1. The van der Waals surface area contributed by atoms with E-state index in [0.29, 0.717) is 28.8 Å². The van der Waals surface area contributed by atoms with Crippen molar-refractivity contribution < 1.29 is 9.21 Å². The first kappa shape index (κ1) is 17.5. The lowest BCUT2D eigenvalue weighted by atomic mass is 10.0. The van der Waals surface area contributed by atoms with E-state index in [2.05, 4.69) is 29.1 Å². The molecule has 1 amide bonds. The molecular formula is C19H21N3O2S. The smallest absolute Gasteiger partial charge is 0.259 e. The highest BCUT2D eigenvalue weighted by molar-refractivity contribution is 8.00. The van der Waals surface area contributed by atoms with Gasteiger partial charge in [0.05, 0.1) is 5.25 Å². The fraction of sp³-hybridized carbons (Fsp3) is 0.316. The fourth-order valence-corrected chi connectivity index (χ4v) is 3.27. The van der Waals surface area contributed by atoms with Crippen LogP contribution in [-0.4, -0.2) is 21.1 Å². The highest BCUT2D eigenvalue weighted by Gasteiger charge is 2.21. The molecule has 0 saturated carbocycles. The van der Waals surface area contributed by atoms with E-state index in [1.807, 2.05) is 37.3 Å². The Balaban J connectivity index is 1.68. The molecular weight excluding hydrogens is 334 g/mol. The summed E-state index contributed by atoms with van der Waals surface area (Å²) in [5.74, 6) is 0.413. The second-order valence-corrected chi connectivity index (χ2v) is 7.24. The van der Waals surface area contributed by atoms with Crippen LogP contribution in [0.1, 0.15) is 38.7 Å². The molecule has 3 rings (SSSR count). The third-order valence-corrected chi connectivity index (χ3v) is 5.10. The molecule has 2 heterocycles. The first-order valence-electron chi connectivity index (χ1n) is 8.36. The van der Waals surface area contributed by atoms with Crippen LogP contribution in [0.25, 0.3) is 11.2 Å². The summed E-state index contributed by atoms with van der Waals surface area (Å²) in [5.41, 5.74) is 3.24. The summed E-state index contributed by atoms with van der Waals surface area (Å²) in [6.45, 7) is 6.26. The molecule has 0 spiro atoms. The largest absolute Gasteiger partial charge is 0.430 e. The van der Waals surface area contributed by atoms with E-state index < -0.39 is 0 Å². The summed E-state index contributed by atoms with van der Waals surface area (Å²) >= 11 is 1.32. The second kappa shape index (κ2) is 7.70. The van der Waals surface area contributed by atoms with Crippen LogP contribution in [0.5, 0.6) is 0 Å². The van der Waals surface area contributed by atoms with Gasteiger partial charge in [-0.1, -0.05) is 44.7 Å². The fourth-order valence-electron chi connectivity index (χ4n) is 2.42. The number of carbonyl (C=O) groups is 1. The summed E-state index contributed by atoms with van der Waals surface area (Å²) in [6, 6.07) is 11.6. The van der Waals surface area contributed by atoms with Crippen molar-refractivity contribution in [2.75, 3.05) is 5.32 Å². The second-order valence-electron chi connectivity index (χ2n) is 6.09. The maximum atomic E-state index is 12.6. The number of nitrogens with zero attached hydrogens (tertiary/aromatic N) is 2. The Hall–Kier alpha value is -2.34. The van der Waals surface area contributed by atoms with Gasteiger partial charge in [-0.05, 0) is 42.2 Å². The maximum Gasteiger partial charge on any atom is 0.259 e. The number of fused-ring (bicyclic) bond motifs is 1. The highest BCUT2D eigenvalue weighted by Crippen LogP contribution is 2.28. The first-order chi connectivity index (χ1) is 12.1. The molecule has 2 aromatic heterocycles. The zero-order valence-corrected chi connectivity index (χ0v) is 15.3. The molecule has 0 aliphatic rings. The molecule has 0 unspecified atom stereocenters. The number of rotatable bonds is 6. The first-order valence-corrected chi connectivity index (χ1v) is 9.23. The molecule has 0 bridgehead atoms. The van der Waals surface area contributed by atoms with Gasteiger partial charge in [0.2, 0.25) is 5.91 Å². The van der Waals surface area contributed by atoms with Gasteiger partial charge in [-0.15, -0.1) is 0 Å². The van der Waals surface area contributed by atoms with E-state index in [-0.39, 0.29) is 11.2 Å². The number of aromatic nitrogens is 2. The van der Waals surface area contributed by atoms with Gasteiger partial charge in [-0.2, -0.15) is 4.98 Å². The normalized spacial score (nSPS) is 12.5. The Morgan fingerprint density at radius 3 is 2.64 bits per heavy atom. The average molecular weight is 355 g/mol. The Morgan fingerprint density at radius 2 is 2.00 bits per heavy atom. The number of nitrogens with one attached hydrogen (secondary N) is 1. The van der Waals surface area contributed by atoms with Gasteiger partial charge >= 0.3 is 0 Å². The summed E-state index contributed by atoms with van der Waals surface area (Å²) in [7, 11) is 0. The van der Waals surface area contributed by atoms with Crippen molar-refractivity contribution in [1.82, 2.24) is 9.97 Å². The Bertz CT molecular complexity index is 825. The van der Waals surface area contributed by atoms with Crippen molar-refractivity contribution in [3.63, 3.8) is 0 Å². The van der Waals surface area contributed by atoms with Gasteiger partial charge in [0.25, 0.3) is 5.22 Å². The average Bonchev–Trinajstić information content (AvgIpc) is 3.02. The van der Waals surface area contributed by atoms with Crippen LogP contribution in [0.4, 0.5) is 5.69 Å². The zero-order valence-electron chi connectivity index (χ0n) is 14.5. The highest BCUT2D eigenvalue weighted by atomic mass is 32.2. The predicted molar refractivity (Wildman–Crippen MR) is 101 cm³/mol. The number of oxazole rings is 1.